The molecule has 0 aromatic heterocycles. The van der Waals surface area contributed by atoms with E-state index in [0.29, 0.717) is 33.2 Å². The van der Waals surface area contributed by atoms with Crippen LogP contribution in [0.5, 0.6) is 11.5 Å². The van der Waals surface area contributed by atoms with Gasteiger partial charge in [-0.1, -0.05) is 76.1 Å². The lowest BCUT2D eigenvalue weighted by atomic mass is 10.1. The van der Waals surface area contributed by atoms with Crippen LogP contribution in [0.15, 0.2) is 76.8 Å². The molecule has 0 bridgehead atoms. The molecule has 1 atom stereocenters. The fraction of sp³-hybridized carbons (Fsp3) is 0.185. The summed E-state index contributed by atoms with van der Waals surface area (Å²) in [6.07, 6.45) is 1.53. The Labute approximate surface area is 213 Å². The highest BCUT2D eigenvalue weighted by Gasteiger charge is 2.16. The van der Waals surface area contributed by atoms with E-state index in [1.807, 2.05) is 68.4 Å². The van der Waals surface area contributed by atoms with Crippen molar-refractivity contribution in [3.05, 3.63) is 98.5 Å². The fourth-order valence-electron chi connectivity index (χ4n) is 3.22. The summed E-state index contributed by atoms with van der Waals surface area (Å²) in [6.45, 7) is 4.43. The van der Waals surface area contributed by atoms with Gasteiger partial charge in [-0.3, -0.25) is 4.79 Å². The summed E-state index contributed by atoms with van der Waals surface area (Å²) in [6, 6.07) is 22.3. The number of benzene rings is 3. The highest BCUT2D eigenvalue weighted by Crippen LogP contribution is 2.36. The third kappa shape index (κ3) is 6.63. The average Bonchev–Trinajstić information content (AvgIpc) is 2.84. The van der Waals surface area contributed by atoms with Gasteiger partial charge in [-0.05, 0) is 49.2 Å². The predicted molar refractivity (Wildman–Crippen MR) is 138 cm³/mol. The highest BCUT2D eigenvalue weighted by atomic mass is 79.9. The molecule has 0 saturated carbocycles. The number of hydrogen-bond acceptors (Lipinski definition) is 4. The number of amides is 1. The maximum Gasteiger partial charge on any atom is 0.262 e. The first-order chi connectivity index (χ1) is 16.4. The van der Waals surface area contributed by atoms with Crippen LogP contribution in [-0.4, -0.2) is 12.5 Å². The highest BCUT2D eigenvalue weighted by molar-refractivity contribution is 9.10. The van der Waals surface area contributed by atoms with Crippen molar-refractivity contribution in [2.45, 2.75) is 26.5 Å². The van der Waals surface area contributed by atoms with Crippen LogP contribution in [-0.2, 0) is 11.4 Å². The minimum Gasteiger partial charge on any atom is -0.490 e. The molecule has 0 aliphatic heterocycles. The fourth-order valence-corrected chi connectivity index (χ4v) is 3.84. The Balaban J connectivity index is 1.83. The summed E-state index contributed by atoms with van der Waals surface area (Å²) in [4.78, 5) is 12.8. The monoisotopic (exact) mass is 538 g/mol. The van der Waals surface area contributed by atoms with E-state index in [1.165, 1.54) is 6.08 Å². The predicted octanol–water partition coefficient (Wildman–Crippen LogP) is 6.86. The van der Waals surface area contributed by atoms with Gasteiger partial charge < -0.3 is 14.8 Å². The molecule has 3 rings (SSSR count). The van der Waals surface area contributed by atoms with Crippen LogP contribution in [0.3, 0.4) is 0 Å². The Morgan fingerprint density at radius 1 is 1.12 bits per heavy atom. The number of rotatable bonds is 9. The van der Waals surface area contributed by atoms with Crippen LogP contribution in [0.2, 0.25) is 5.02 Å². The van der Waals surface area contributed by atoms with E-state index in [9.17, 15) is 10.1 Å². The number of nitrogens with one attached hydrogen (secondary N) is 1. The van der Waals surface area contributed by atoms with Crippen LogP contribution in [0, 0.1) is 11.3 Å². The van der Waals surface area contributed by atoms with Crippen LogP contribution in [0.1, 0.15) is 36.6 Å². The molecule has 5 nitrogen and oxygen atoms in total. The zero-order valence-electron chi connectivity index (χ0n) is 18.8. The zero-order valence-corrected chi connectivity index (χ0v) is 21.2. The second-order valence-electron chi connectivity index (χ2n) is 7.41. The van der Waals surface area contributed by atoms with Crippen molar-refractivity contribution in [3.63, 3.8) is 0 Å². The largest absolute Gasteiger partial charge is 0.490 e. The lowest BCUT2D eigenvalue weighted by molar-refractivity contribution is -0.117. The van der Waals surface area contributed by atoms with Gasteiger partial charge in [0, 0.05) is 15.1 Å². The van der Waals surface area contributed by atoms with Crippen molar-refractivity contribution in [1.29, 1.82) is 5.26 Å². The molecule has 3 aromatic rings. The minimum absolute atomic E-state index is 0.0179. The van der Waals surface area contributed by atoms with Gasteiger partial charge in [0.15, 0.2) is 11.5 Å². The van der Waals surface area contributed by atoms with Gasteiger partial charge in [0.1, 0.15) is 18.2 Å². The molecule has 0 radical (unpaired) electrons. The second kappa shape index (κ2) is 12.3. The molecule has 0 unspecified atom stereocenters. The first-order valence-electron chi connectivity index (χ1n) is 10.7. The number of hydrogen-bond donors (Lipinski definition) is 1. The number of nitriles is 1. The number of nitrogens with zero attached hydrogens (tertiary/aromatic N) is 1. The third-order valence-electron chi connectivity index (χ3n) is 5.02. The van der Waals surface area contributed by atoms with E-state index in [-0.39, 0.29) is 18.2 Å². The SMILES string of the molecule is CCOc1cc(/C=C(/C#N)C(=O)N[C@H](C)c2ccccc2)c(Br)cc1OCc1ccccc1Cl. The number of carbonyl (C=O) groups excluding carboxylic acids is 1. The van der Waals surface area contributed by atoms with E-state index in [4.69, 9.17) is 21.1 Å². The summed E-state index contributed by atoms with van der Waals surface area (Å²) in [7, 11) is 0. The van der Waals surface area contributed by atoms with Crippen LogP contribution < -0.4 is 14.8 Å². The molecular formula is C27H24BrClN2O3. The maximum absolute atomic E-state index is 12.8. The minimum atomic E-state index is -0.456. The van der Waals surface area contributed by atoms with Crippen molar-refractivity contribution >= 4 is 39.5 Å². The molecule has 0 spiro atoms. The summed E-state index contributed by atoms with van der Waals surface area (Å²) in [5.74, 6) is 0.563. The Morgan fingerprint density at radius 3 is 2.47 bits per heavy atom. The molecule has 0 heterocycles. The standard InChI is InChI=1S/C27H24BrClN2O3/c1-3-33-25-14-21(23(28)15-26(25)34-17-20-11-7-8-12-24(20)29)13-22(16-30)27(32)31-18(2)19-9-5-4-6-10-19/h4-15,18H,3,17H2,1-2H3,(H,31,32)/b22-13-/t18-/m1/s1. The molecule has 3 aromatic carbocycles. The van der Waals surface area contributed by atoms with E-state index in [2.05, 4.69) is 21.2 Å². The molecule has 0 aliphatic rings. The molecule has 7 heteroatoms. The maximum atomic E-state index is 12.8. The summed E-state index contributed by atoms with van der Waals surface area (Å²) in [5.41, 5.74) is 2.40. The van der Waals surface area contributed by atoms with Gasteiger partial charge >= 0.3 is 0 Å². The lowest BCUT2D eigenvalue weighted by Crippen LogP contribution is -2.27. The van der Waals surface area contributed by atoms with E-state index >= 15 is 0 Å². The van der Waals surface area contributed by atoms with Crippen LogP contribution >= 0.6 is 27.5 Å². The Kier molecular flexibility index (Phi) is 9.15. The number of ether oxygens (including phenoxy) is 2. The van der Waals surface area contributed by atoms with E-state index in [0.717, 1.165) is 11.1 Å². The van der Waals surface area contributed by atoms with E-state index < -0.39 is 5.91 Å². The van der Waals surface area contributed by atoms with Gasteiger partial charge in [-0.2, -0.15) is 5.26 Å². The normalized spacial score (nSPS) is 11.9. The molecule has 0 fully saturated rings. The lowest BCUT2D eigenvalue weighted by Gasteiger charge is -2.15. The molecule has 1 amide bonds. The van der Waals surface area contributed by atoms with E-state index in [1.54, 1.807) is 18.2 Å². The first-order valence-corrected chi connectivity index (χ1v) is 11.9. The quantitative estimate of drug-likeness (QED) is 0.238. The molecule has 0 aliphatic carbocycles. The van der Waals surface area contributed by atoms with Crippen molar-refractivity contribution in [2.75, 3.05) is 6.61 Å². The van der Waals surface area contributed by atoms with Gasteiger partial charge in [0.25, 0.3) is 5.91 Å². The second-order valence-corrected chi connectivity index (χ2v) is 8.67. The smallest absolute Gasteiger partial charge is 0.262 e. The third-order valence-corrected chi connectivity index (χ3v) is 6.07. The molecule has 174 valence electrons. The first kappa shape index (κ1) is 25.4. The summed E-state index contributed by atoms with van der Waals surface area (Å²) in [5, 5.41) is 13.1. The average molecular weight is 540 g/mol. The summed E-state index contributed by atoms with van der Waals surface area (Å²) >= 11 is 9.75. The molecule has 1 N–H and O–H groups in total. The van der Waals surface area contributed by atoms with Crippen molar-refractivity contribution < 1.29 is 14.3 Å². The Hall–Kier alpha value is -3.27. The van der Waals surface area contributed by atoms with Crippen LogP contribution in [0.4, 0.5) is 0 Å². The molecule has 0 saturated heterocycles. The molecule has 34 heavy (non-hydrogen) atoms. The summed E-state index contributed by atoms with van der Waals surface area (Å²) < 4.78 is 12.4. The van der Waals surface area contributed by atoms with Crippen molar-refractivity contribution in [3.8, 4) is 17.6 Å². The van der Waals surface area contributed by atoms with Gasteiger partial charge in [0.05, 0.1) is 12.6 Å². The number of carbonyl (C=O) groups is 1. The zero-order chi connectivity index (χ0) is 24.5. The molecular weight excluding hydrogens is 516 g/mol. The Morgan fingerprint density at radius 2 is 1.79 bits per heavy atom. The Bertz CT molecular complexity index is 1220. The van der Waals surface area contributed by atoms with Crippen LogP contribution in [0.25, 0.3) is 6.08 Å². The van der Waals surface area contributed by atoms with Crippen molar-refractivity contribution in [1.82, 2.24) is 5.32 Å². The van der Waals surface area contributed by atoms with Gasteiger partial charge in [0.2, 0.25) is 0 Å². The number of halogens is 2. The van der Waals surface area contributed by atoms with Crippen molar-refractivity contribution in [2.24, 2.45) is 0 Å². The van der Waals surface area contributed by atoms with Gasteiger partial charge in [-0.15, -0.1) is 0 Å². The van der Waals surface area contributed by atoms with Gasteiger partial charge in [-0.25, -0.2) is 0 Å². The topological polar surface area (TPSA) is 71.3 Å².